The number of hydrogen-bond acceptors (Lipinski definition) is 5. The zero-order valence-electron chi connectivity index (χ0n) is 20.4. The number of aromatic nitrogens is 4. The van der Waals surface area contributed by atoms with Crippen LogP contribution in [0.15, 0.2) is 36.8 Å². The molecule has 2 aliphatic rings. The van der Waals surface area contributed by atoms with Crippen LogP contribution in [0.1, 0.15) is 42.2 Å². The van der Waals surface area contributed by atoms with E-state index in [1.807, 2.05) is 29.9 Å². The van der Waals surface area contributed by atoms with E-state index in [2.05, 4.69) is 27.1 Å². The number of carbonyl (C=O) groups is 1. The Hall–Kier alpha value is -3.46. The molecule has 3 aromatic heterocycles. The molecule has 1 amide bonds. The molecular weight excluding hydrogens is 445 g/mol. The quantitative estimate of drug-likeness (QED) is 0.482. The Morgan fingerprint density at radius 1 is 1.14 bits per heavy atom. The van der Waals surface area contributed by atoms with Crippen molar-refractivity contribution >= 4 is 33.8 Å². The van der Waals surface area contributed by atoms with E-state index in [9.17, 15) is 9.18 Å². The van der Waals surface area contributed by atoms with Crippen molar-refractivity contribution in [2.45, 2.75) is 45.2 Å². The van der Waals surface area contributed by atoms with Crippen molar-refractivity contribution in [3.8, 4) is 0 Å². The second-order valence-electron chi connectivity index (χ2n) is 9.91. The summed E-state index contributed by atoms with van der Waals surface area (Å²) in [6.45, 7) is 7.73. The SMILES string of the molecule is CCn1cc2c(N3CCC4(CC3)CCN4C)ccc(C(=O)Nc3cc(F)c4nc(C)cn4c3)c2n1. The lowest BCUT2D eigenvalue weighted by Gasteiger charge is -2.55. The number of aryl methyl sites for hydroxylation is 2. The highest BCUT2D eigenvalue weighted by atomic mass is 19.1. The number of anilines is 2. The van der Waals surface area contributed by atoms with E-state index in [0.717, 1.165) is 37.0 Å². The molecule has 2 saturated heterocycles. The lowest BCUT2D eigenvalue weighted by Crippen LogP contribution is -2.62. The standard InChI is InChI=1S/C26H30FN7O/c1-4-34-16-20-22(32-11-8-26(9-12-32)7-10-31(26)3)6-5-19(23(20)30-34)25(35)29-18-13-21(27)24-28-17(2)14-33(24)15-18/h5-6,13-16H,4,7-12H2,1-3H3,(H,29,35). The van der Waals surface area contributed by atoms with Gasteiger partial charge in [0, 0.05) is 67.4 Å². The van der Waals surface area contributed by atoms with E-state index >= 15 is 0 Å². The topological polar surface area (TPSA) is 70.7 Å². The van der Waals surface area contributed by atoms with Crippen molar-refractivity contribution in [1.82, 2.24) is 24.1 Å². The van der Waals surface area contributed by atoms with Crippen LogP contribution in [-0.2, 0) is 6.54 Å². The maximum atomic E-state index is 14.5. The molecule has 0 aliphatic carbocycles. The second-order valence-corrected chi connectivity index (χ2v) is 9.91. The fourth-order valence-corrected chi connectivity index (χ4v) is 5.65. The summed E-state index contributed by atoms with van der Waals surface area (Å²) in [6, 6.07) is 5.18. The zero-order valence-corrected chi connectivity index (χ0v) is 20.4. The number of rotatable bonds is 4. The highest BCUT2D eigenvalue weighted by Crippen LogP contribution is 2.41. The van der Waals surface area contributed by atoms with Gasteiger partial charge in [-0.1, -0.05) is 0 Å². The van der Waals surface area contributed by atoms with Crippen LogP contribution in [0.4, 0.5) is 15.8 Å². The molecule has 0 saturated carbocycles. The van der Waals surface area contributed by atoms with Gasteiger partial charge in [-0.25, -0.2) is 9.37 Å². The van der Waals surface area contributed by atoms with Crippen LogP contribution < -0.4 is 10.2 Å². The number of benzene rings is 1. The third kappa shape index (κ3) is 3.56. The predicted molar refractivity (Wildman–Crippen MR) is 135 cm³/mol. The molecule has 9 heteroatoms. The van der Waals surface area contributed by atoms with Crippen LogP contribution in [0.3, 0.4) is 0 Å². The minimum atomic E-state index is -0.480. The van der Waals surface area contributed by atoms with E-state index in [-0.39, 0.29) is 11.6 Å². The number of piperidine rings is 1. The fraction of sp³-hybridized carbons (Fsp3) is 0.423. The number of carbonyl (C=O) groups excluding carboxylic acids is 1. The summed E-state index contributed by atoms with van der Waals surface area (Å²) >= 11 is 0. The minimum Gasteiger partial charge on any atom is -0.371 e. The van der Waals surface area contributed by atoms with Gasteiger partial charge in [-0.3, -0.25) is 9.48 Å². The molecule has 0 radical (unpaired) electrons. The molecule has 0 atom stereocenters. The molecule has 5 heterocycles. The molecule has 6 rings (SSSR count). The number of pyridine rings is 1. The molecule has 4 aromatic rings. The first-order valence-electron chi connectivity index (χ1n) is 12.3. The molecule has 0 unspecified atom stereocenters. The maximum Gasteiger partial charge on any atom is 0.257 e. The lowest BCUT2D eigenvalue weighted by atomic mass is 9.77. The van der Waals surface area contributed by atoms with Crippen LogP contribution in [0.2, 0.25) is 0 Å². The number of imidazole rings is 1. The molecule has 0 bridgehead atoms. The molecule has 1 spiro atoms. The van der Waals surface area contributed by atoms with E-state index in [1.165, 1.54) is 19.0 Å². The van der Waals surface area contributed by atoms with Gasteiger partial charge < -0.3 is 19.5 Å². The molecule has 1 N–H and O–H groups in total. The molecular formula is C26H30FN7O. The molecule has 8 nitrogen and oxygen atoms in total. The van der Waals surface area contributed by atoms with Gasteiger partial charge in [0.25, 0.3) is 5.91 Å². The Bertz CT molecular complexity index is 1450. The van der Waals surface area contributed by atoms with Crippen molar-refractivity contribution in [3.63, 3.8) is 0 Å². The van der Waals surface area contributed by atoms with Gasteiger partial charge >= 0.3 is 0 Å². The first-order chi connectivity index (χ1) is 16.9. The van der Waals surface area contributed by atoms with Crippen LogP contribution in [-0.4, -0.2) is 62.2 Å². The van der Waals surface area contributed by atoms with Crippen LogP contribution >= 0.6 is 0 Å². The Kier molecular flexibility index (Phi) is 5.07. The number of amides is 1. The third-order valence-corrected chi connectivity index (χ3v) is 7.91. The van der Waals surface area contributed by atoms with E-state index < -0.39 is 5.82 Å². The summed E-state index contributed by atoms with van der Waals surface area (Å²) in [5.74, 6) is -0.793. The molecule has 35 heavy (non-hydrogen) atoms. The summed E-state index contributed by atoms with van der Waals surface area (Å²) in [7, 11) is 2.23. The predicted octanol–water partition coefficient (Wildman–Crippen LogP) is 4.08. The Morgan fingerprint density at radius 3 is 2.60 bits per heavy atom. The number of halogens is 1. The molecule has 2 fully saturated rings. The number of nitrogens with one attached hydrogen (secondary N) is 1. The average Bonchev–Trinajstić information content (AvgIpc) is 3.46. The van der Waals surface area contributed by atoms with Crippen LogP contribution in [0.25, 0.3) is 16.6 Å². The van der Waals surface area contributed by atoms with Gasteiger partial charge in [-0.05, 0) is 52.3 Å². The summed E-state index contributed by atoms with van der Waals surface area (Å²) in [5.41, 5.74) is 3.96. The number of nitrogens with zero attached hydrogens (tertiary/aromatic N) is 6. The number of fused-ring (bicyclic) bond motifs is 2. The first kappa shape index (κ1) is 22.0. The van der Waals surface area contributed by atoms with Gasteiger partial charge in [0.05, 0.1) is 16.9 Å². The molecule has 182 valence electrons. The highest BCUT2D eigenvalue weighted by Gasteiger charge is 2.44. The summed E-state index contributed by atoms with van der Waals surface area (Å²) in [5, 5.41) is 8.55. The summed E-state index contributed by atoms with van der Waals surface area (Å²) in [6.07, 6.45) is 9.02. The van der Waals surface area contributed by atoms with Gasteiger partial charge in [-0.2, -0.15) is 5.10 Å². The summed E-state index contributed by atoms with van der Waals surface area (Å²) < 4.78 is 18.0. The van der Waals surface area contributed by atoms with Crippen molar-refractivity contribution < 1.29 is 9.18 Å². The average molecular weight is 476 g/mol. The van der Waals surface area contributed by atoms with Crippen molar-refractivity contribution in [2.75, 3.05) is 36.9 Å². The monoisotopic (exact) mass is 475 g/mol. The summed E-state index contributed by atoms with van der Waals surface area (Å²) in [4.78, 5) is 22.4. The fourth-order valence-electron chi connectivity index (χ4n) is 5.65. The lowest BCUT2D eigenvalue weighted by molar-refractivity contribution is -0.00912. The van der Waals surface area contributed by atoms with Gasteiger partial charge in [0.15, 0.2) is 11.5 Å². The normalized spacial score (nSPS) is 17.9. The van der Waals surface area contributed by atoms with Crippen molar-refractivity contribution in [2.24, 2.45) is 0 Å². The van der Waals surface area contributed by atoms with E-state index in [4.69, 9.17) is 5.10 Å². The second kappa shape index (κ2) is 8.05. The van der Waals surface area contributed by atoms with Crippen molar-refractivity contribution in [1.29, 1.82) is 0 Å². The van der Waals surface area contributed by atoms with E-state index in [0.29, 0.717) is 34.5 Å². The number of hydrogen-bond donors (Lipinski definition) is 1. The Labute approximate surface area is 203 Å². The minimum absolute atomic E-state index is 0.241. The first-order valence-corrected chi connectivity index (χ1v) is 12.3. The highest BCUT2D eigenvalue weighted by molar-refractivity contribution is 6.13. The third-order valence-electron chi connectivity index (χ3n) is 7.91. The molecule has 1 aromatic carbocycles. The van der Waals surface area contributed by atoms with Gasteiger partial charge in [-0.15, -0.1) is 0 Å². The smallest absolute Gasteiger partial charge is 0.257 e. The largest absolute Gasteiger partial charge is 0.371 e. The van der Waals surface area contributed by atoms with Gasteiger partial charge in [0.2, 0.25) is 0 Å². The Morgan fingerprint density at radius 2 is 1.91 bits per heavy atom. The molecule has 2 aliphatic heterocycles. The van der Waals surface area contributed by atoms with Crippen LogP contribution in [0.5, 0.6) is 0 Å². The van der Waals surface area contributed by atoms with E-state index in [1.54, 1.807) is 23.7 Å². The zero-order chi connectivity index (χ0) is 24.3. The van der Waals surface area contributed by atoms with Crippen LogP contribution in [0, 0.1) is 12.7 Å². The Balaban J connectivity index is 1.31. The van der Waals surface area contributed by atoms with Crippen molar-refractivity contribution in [3.05, 3.63) is 53.9 Å². The number of likely N-dealkylation sites (tertiary alicyclic amines) is 1. The maximum absolute atomic E-state index is 14.5. The van der Waals surface area contributed by atoms with Gasteiger partial charge in [0.1, 0.15) is 5.52 Å².